The summed E-state index contributed by atoms with van der Waals surface area (Å²) in [6.07, 6.45) is 3.43. The van der Waals surface area contributed by atoms with Crippen molar-refractivity contribution in [1.29, 1.82) is 0 Å². The Bertz CT molecular complexity index is 191. The van der Waals surface area contributed by atoms with Crippen LogP contribution in [0.3, 0.4) is 0 Å². The van der Waals surface area contributed by atoms with Gasteiger partial charge in [0.15, 0.2) is 0 Å². The summed E-state index contributed by atoms with van der Waals surface area (Å²) in [4.78, 5) is 11.4. The molecule has 1 N–H and O–H groups in total. The quantitative estimate of drug-likeness (QED) is 0.678. The summed E-state index contributed by atoms with van der Waals surface area (Å²) in [5, 5.41) is 9.39. The highest BCUT2D eigenvalue weighted by Gasteiger charge is 2.41. The Balaban J connectivity index is 4.71. The maximum Gasteiger partial charge on any atom is 0.309 e. The molecule has 0 aliphatic rings. The van der Waals surface area contributed by atoms with Crippen LogP contribution in [0.4, 0.5) is 0 Å². The fraction of sp³-hybridized carbons (Fsp3) is 0.917. The second kappa shape index (κ2) is 6.83. The molecule has 0 saturated heterocycles. The van der Waals surface area contributed by atoms with Gasteiger partial charge in [-0.1, -0.05) is 33.6 Å². The third-order valence-corrected chi connectivity index (χ3v) is 3.39. The number of ether oxygens (including phenoxy) is 1. The van der Waals surface area contributed by atoms with Gasteiger partial charge in [0.1, 0.15) is 0 Å². The van der Waals surface area contributed by atoms with Crippen LogP contribution in [0.25, 0.3) is 0 Å². The number of carbonyl (C=O) groups is 1. The third-order valence-electron chi connectivity index (χ3n) is 3.39. The first-order valence-electron chi connectivity index (χ1n) is 5.77. The molecule has 0 saturated carbocycles. The molecule has 0 bridgehead atoms. The molecule has 2 atom stereocenters. The van der Waals surface area contributed by atoms with E-state index in [1.165, 1.54) is 0 Å². The van der Waals surface area contributed by atoms with E-state index in [0.717, 1.165) is 19.3 Å². The van der Waals surface area contributed by atoms with E-state index in [1.807, 2.05) is 13.8 Å². The van der Waals surface area contributed by atoms with Crippen molar-refractivity contribution in [2.45, 2.75) is 46.5 Å². The molecule has 0 radical (unpaired) electrons. The summed E-state index contributed by atoms with van der Waals surface area (Å²) < 4.78 is 5.08. The molecule has 0 fully saturated rings. The first-order chi connectivity index (χ1) is 7.05. The van der Waals surface area contributed by atoms with E-state index in [2.05, 4.69) is 6.92 Å². The van der Waals surface area contributed by atoms with E-state index in [4.69, 9.17) is 4.74 Å². The summed E-state index contributed by atoms with van der Waals surface area (Å²) >= 11 is 0. The molecule has 0 rings (SSSR count). The number of carboxylic acids is 1. The summed E-state index contributed by atoms with van der Waals surface area (Å²) in [7, 11) is 1.62. The lowest BCUT2D eigenvalue weighted by Gasteiger charge is -2.34. The molecule has 90 valence electrons. The molecule has 3 nitrogen and oxygen atoms in total. The zero-order chi connectivity index (χ0) is 11.9. The minimum absolute atomic E-state index is 0.0662. The first-order valence-corrected chi connectivity index (χ1v) is 5.77. The first kappa shape index (κ1) is 14.4. The summed E-state index contributed by atoms with van der Waals surface area (Å²) in [5.41, 5.74) is -0.605. The maximum absolute atomic E-state index is 11.4. The molecule has 0 spiro atoms. The van der Waals surface area contributed by atoms with E-state index in [-0.39, 0.29) is 5.92 Å². The molecule has 0 aromatic rings. The van der Waals surface area contributed by atoms with Crippen LogP contribution in [-0.4, -0.2) is 24.8 Å². The Morgan fingerprint density at radius 1 is 1.47 bits per heavy atom. The van der Waals surface area contributed by atoms with E-state index >= 15 is 0 Å². The van der Waals surface area contributed by atoms with E-state index in [1.54, 1.807) is 7.11 Å². The van der Waals surface area contributed by atoms with Gasteiger partial charge < -0.3 is 9.84 Å². The molecule has 2 unspecified atom stereocenters. The van der Waals surface area contributed by atoms with Crippen LogP contribution in [0.2, 0.25) is 0 Å². The number of carboxylic acid groups (broad SMARTS) is 1. The summed E-state index contributed by atoms with van der Waals surface area (Å²) in [5.74, 6) is -0.612. The molecule has 0 aliphatic carbocycles. The largest absolute Gasteiger partial charge is 0.481 e. The highest BCUT2D eigenvalue weighted by molar-refractivity contribution is 5.75. The molecule has 0 heterocycles. The van der Waals surface area contributed by atoms with Crippen molar-refractivity contribution in [3.8, 4) is 0 Å². The smallest absolute Gasteiger partial charge is 0.309 e. The molecule has 0 aliphatic heterocycles. The Hall–Kier alpha value is -0.570. The van der Waals surface area contributed by atoms with Gasteiger partial charge in [0, 0.05) is 13.7 Å². The fourth-order valence-corrected chi connectivity index (χ4v) is 2.14. The number of rotatable bonds is 8. The predicted molar refractivity (Wildman–Crippen MR) is 60.9 cm³/mol. The number of aliphatic carboxylic acids is 1. The van der Waals surface area contributed by atoms with Gasteiger partial charge in [-0.3, -0.25) is 4.79 Å². The van der Waals surface area contributed by atoms with Crippen molar-refractivity contribution < 1.29 is 14.6 Å². The topological polar surface area (TPSA) is 46.5 Å². The molecule has 3 heteroatoms. The van der Waals surface area contributed by atoms with Gasteiger partial charge in [-0.2, -0.15) is 0 Å². The molecule has 0 aromatic heterocycles. The Labute approximate surface area is 92.8 Å². The van der Waals surface area contributed by atoms with Gasteiger partial charge in [0.25, 0.3) is 0 Å². The summed E-state index contributed by atoms with van der Waals surface area (Å²) in [6, 6.07) is 0. The minimum atomic E-state index is -0.678. The molecule has 15 heavy (non-hydrogen) atoms. The van der Waals surface area contributed by atoms with Gasteiger partial charge in [0.05, 0.1) is 5.41 Å². The number of hydrogen-bond donors (Lipinski definition) is 1. The highest BCUT2D eigenvalue weighted by atomic mass is 16.5. The molecule has 0 aromatic carbocycles. The van der Waals surface area contributed by atoms with Crippen molar-refractivity contribution in [2.24, 2.45) is 11.3 Å². The van der Waals surface area contributed by atoms with Crippen LogP contribution in [0.1, 0.15) is 46.5 Å². The number of unbranched alkanes of at least 4 members (excludes halogenated alkanes) is 1. The predicted octanol–water partition coefficient (Wildman–Crippen LogP) is 2.94. The van der Waals surface area contributed by atoms with Gasteiger partial charge in [-0.15, -0.1) is 0 Å². The second-order valence-electron chi connectivity index (χ2n) is 4.27. The summed E-state index contributed by atoms with van der Waals surface area (Å²) in [6.45, 7) is 6.53. The van der Waals surface area contributed by atoms with Crippen LogP contribution in [0, 0.1) is 11.3 Å². The molecular formula is C12H24O3. The van der Waals surface area contributed by atoms with E-state index in [0.29, 0.717) is 13.0 Å². The Kier molecular flexibility index (Phi) is 6.57. The van der Waals surface area contributed by atoms with Crippen LogP contribution in [0.5, 0.6) is 0 Å². The third kappa shape index (κ3) is 3.49. The highest BCUT2D eigenvalue weighted by Crippen LogP contribution is 2.37. The van der Waals surface area contributed by atoms with Crippen LogP contribution in [0.15, 0.2) is 0 Å². The van der Waals surface area contributed by atoms with E-state index in [9.17, 15) is 9.90 Å². The zero-order valence-corrected chi connectivity index (χ0v) is 10.4. The van der Waals surface area contributed by atoms with Crippen molar-refractivity contribution in [3.63, 3.8) is 0 Å². The molecule has 0 amide bonds. The SMILES string of the molecule is CCCCC(CC)(C(=O)O)C(C)COC. The standard InChI is InChI=1S/C12H24O3/c1-5-7-8-12(6-2,11(13)14)10(3)9-15-4/h10H,5-9H2,1-4H3,(H,13,14). The van der Waals surface area contributed by atoms with Gasteiger partial charge in [-0.25, -0.2) is 0 Å². The van der Waals surface area contributed by atoms with Gasteiger partial charge in [-0.05, 0) is 18.8 Å². The van der Waals surface area contributed by atoms with Crippen molar-refractivity contribution in [2.75, 3.05) is 13.7 Å². The van der Waals surface area contributed by atoms with Crippen LogP contribution < -0.4 is 0 Å². The Morgan fingerprint density at radius 3 is 2.40 bits per heavy atom. The van der Waals surface area contributed by atoms with Crippen molar-refractivity contribution >= 4 is 5.97 Å². The normalized spacial score (nSPS) is 17.1. The van der Waals surface area contributed by atoms with E-state index < -0.39 is 11.4 Å². The van der Waals surface area contributed by atoms with Crippen LogP contribution >= 0.6 is 0 Å². The fourth-order valence-electron chi connectivity index (χ4n) is 2.14. The van der Waals surface area contributed by atoms with Crippen LogP contribution in [-0.2, 0) is 9.53 Å². The van der Waals surface area contributed by atoms with Crippen molar-refractivity contribution in [3.05, 3.63) is 0 Å². The second-order valence-corrected chi connectivity index (χ2v) is 4.27. The lowest BCUT2D eigenvalue weighted by Crippen LogP contribution is -2.39. The zero-order valence-electron chi connectivity index (χ0n) is 10.4. The van der Waals surface area contributed by atoms with Gasteiger partial charge in [0.2, 0.25) is 0 Å². The lowest BCUT2D eigenvalue weighted by molar-refractivity contribution is -0.154. The number of methoxy groups -OCH3 is 1. The monoisotopic (exact) mass is 216 g/mol. The van der Waals surface area contributed by atoms with Crippen molar-refractivity contribution in [1.82, 2.24) is 0 Å². The lowest BCUT2D eigenvalue weighted by atomic mass is 9.71. The average Bonchev–Trinajstić information content (AvgIpc) is 2.19. The molecular weight excluding hydrogens is 192 g/mol. The average molecular weight is 216 g/mol. The maximum atomic E-state index is 11.4. The van der Waals surface area contributed by atoms with Gasteiger partial charge >= 0.3 is 5.97 Å². The Morgan fingerprint density at radius 2 is 2.07 bits per heavy atom. The minimum Gasteiger partial charge on any atom is -0.481 e. The number of hydrogen-bond acceptors (Lipinski definition) is 2.